The number of hydrogen-bond acceptors (Lipinski definition) is 3. The van der Waals surface area contributed by atoms with E-state index in [9.17, 15) is 22.4 Å². The number of fused-ring (bicyclic) bond motifs is 1. The van der Waals surface area contributed by atoms with E-state index in [-0.39, 0.29) is 18.0 Å². The van der Waals surface area contributed by atoms with Gasteiger partial charge in [0.25, 0.3) is 5.91 Å². The summed E-state index contributed by atoms with van der Waals surface area (Å²) in [6.07, 6.45) is -4.64. The first-order valence-electron chi connectivity index (χ1n) is 7.34. The van der Waals surface area contributed by atoms with Crippen molar-refractivity contribution in [3.05, 3.63) is 58.9 Å². The highest BCUT2D eigenvalue weighted by atomic mass is 19.4. The van der Waals surface area contributed by atoms with Gasteiger partial charge in [0.1, 0.15) is 11.7 Å². The second-order valence-electron chi connectivity index (χ2n) is 5.48. The second kappa shape index (κ2) is 6.19. The molecule has 2 N–H and O–H groups in total. The summed E-state index contributed by atoms with van der Waals surface area (Å²) in [4.78, 5) is 15.8. The number of hydrogen-bond donors (Lipinski definition) is 2. The molecule has 2 aromatic rings. The highest BCUT2D eigenvalue weighted by molar-refractivity contribution is 6.03. The Kier molecular flexibility index (Phi) is 4.20. The molecule has 0 spiro atoms. The largest absolute Gasteiger partial charge is 0.419 e. The van der Waals surface area contributed by atoms with Crippen LogP contribution in [0.25, 0.3) is 0 Å². The van der Waals surface area contributed by atoms with E-state index in [1.165, 1.54) is 7.05 Å². The molecule has 0 aliphatic carbocycles. The van der Waals surface area contributed by atoms with Gasteiger partial charge in [-0.1, -0.05) is 6.07 Å². The van der Waals surface area contributed by atoms with Gasteiger partial charge < -0.3 is 10.6 Å². The molecular formula is C17H13F4N3O. The van der Waals surface area contributed by atoms with Gasteiger partial charge in [0.05, 0.1) is 11.3 Å². The molecule has 1 amide bonds. The number of carbonyl (C=O) groups excluding carboxylic acids is 1. The van der Waals surface area contributed by atoms with Gasteiger partial charge in [0.15, 0.2) is 0 Å². The number of carbonyl (C=O) groups is 1. The van der Waals surface area contributed by atoms with Crippen LogP contribution in [0.4, 0.5) is 28.9 Å². The summed E-state index contributed by atoms with van der Waals surface area (Å²) in [5.41, 5.74) is 0.136. The minimum absolute atomic E-state index is 0.114. The van der Waals surface area contributed by atoms with Gasteiger partial charge in [-0.2, -0.15) is 13.2 Å². The van der Waals surface area contributed by atoms with Crippen LogP contribution in [0.2, 0.25) is 0 Å². The van der Waals surface area contributed by atoms with Gasteiger partial charge in [-0.3, -0.25) is 4.79 Å². The Hall–Kier alpha value is -2.90. The van der Waals surface area contributed by atoms with Crippen molar-refractivity contribution in [1.29, 1.82) is 0 Å². The van der Waals surface area contributed by atoms with Crippen LogP contribution in [-0.4, -0.2) is 18.8 Å². The molecule has 25 heavy (non-hydrogen) atoms. The quantitative estimate of drug-likeness (QED) is 0.807. The molecule has 0 aromatic heterocycles. The first-order chi connectivity index (χ1) is 11.8. The Bertz CT molecular complexity index is 875. The van der Waals surface area contributed by atoms with Gasteiger partial charge >= 0.3 is 6.18 Å². The molecule has 0 radical (unpaired) electrons. The number of rotatable bonds is 2. The molecule has 4 nitrogen and oxygen atoms in total. The molecule has 130 valence electrons. The van der Waals surface area contributed by atoms with Crippen LogP contribution in [0.1, 0.15) is 21.5 Å². The third kappa shape index (κ3) is 3.47. The highest BCUT2D eigenvalue weighted by Crippen LogP contribution is 2.37. The number of amidine groups is 1. The topological polar surface area (TPSA) is 53.5 Å². The predicted molar refractivity (Wildman–Crippen MR) is 85.7 cm³/mol. The fraction of sp³-hybridized carbons (Fsp3) is 0.176. The molecule has 0 bridgehead atoms. The normalized spacial score (nSPS) is 13.2. The molecular weight excluding hydrogens is 338 g/mol. The maximum absolute atomic E-state index is 13.6. The summed E-state index contributed by atoms with van der Waals surface area (Å²) < 4.78 is 52.0. The lowest BCUT2D eigenvalue weighted by Crippen LogP contribution is -2.18. The van der Waals surface area contributed by atoms with Gasteiger partial charge in [0.2, 0.25) is 0 Å². The van der Waals surface area contributed by atoms with Crippen LogP contribution in [0.3, 0.4) is 0 Å². The molecule has 1 aliphatic heterocycles. The van der Waals surface area contributed by atoms with E-state index < -0.39 is 17.6 Å². The molecule has 1 aliphatic rings. The fourth-order valence-corrected chi connectivity index (χ4v) is 2.56. The number of benzene rings is 2. The molecule has 0 atom stereocenters. The lowest BCUT2D eigenvalue weighted by atomic mass is 10.1. The van der Waals surface area contributed by atoms with Crippen molar-refractivity contribution in [3.8, 4) is 0 Å². The Morgan fingerprint density at radius 3 is 2.64 bits per heavy atom. The number of aliphatic imine (C=N–C) groups is 1. The Balaban J connectivity index is 1.82. The molecule has 3 rings (SSSR count). The molecule has 0 saturated heterocycles. The molecule has 0 unspecified atom stereocenters. The number of alkyl halides is 3. The van der Waals surface area contributed by atoms with E-state index in [0.717, 1.165) is 12.1 Å². The number of nitrogens with one attached hydrogen (secondary N) is 2. The number of nitrogens with zero attached hydrogens (tertiary/aromatic N) is 1. The average molecular weight is 351 g/mol. The number of halogens is 4. The monoisotopic (exact) mass is 351 g/mol. The van der Waals surface area contributed by atoms with Crippen LogP contribution < -0.4 is 10.6 Å². The average Bonchev–Trinajstić information content (AvgIpc) is 2.93. The van der Waals surface area contributed by atoms with E-state index in [0.29, 0.717) is 22.6 Å². The van der Waals surface area contributed by atoms with Crippen molar-refractivity contribution >= 4 is 23.1 Å². The van der Waals surface area contributed by atoms with Crippen LogP contribution in [0, 0.1) is 5.82 Å². The summed E-state index contributed by atoms with van der Waals surface area (Å²) in [5, 5.41) is 5.45. The van der Waals surface area contributed by atoms with E-state index in [2.05, 4.69) is 15.6 Å². The maximum Gasteiger partial charge on any atom is 0.419 e. The fourth-order valence-electron chi connectivity index (χ4n) is 2.56. The predicted octanol–water partition coefficient (Wildman–Crippen LogP) is 3.90. The molecule has 0 saturated carbocycles. The van der Waals surface area contributed by atoms with E-state index in [1.54, 1.807) is 24.3 Å². The molecule has 8 heteroatoms. The summed E-state index contributed by atoms with van der Waals surface area (Å²) in [7, 11) is 1.51. The standard InChI is InChI=1S/C17H13F4N3O/c1-22-16(25)9-3-2-4-11(5-9)23-15-7-10-6-12(17(19,20)21)13(18)8-14(10)24-15/h2-6,8H,7H2,1H3,(H,22,25)(H,23,24). The van der Waals surface area contributed by atoms with Crippen molar-refractivity contribution in [2.75, 3.05) is 12.4 Å². The number of anilines is 1. The van der Waals surface area contributed by atoms with Crippen LogP contribution >= 0.6 is 0 Å². The van der Waals surface area contributed by atoms with Crippen LogP contribution in [0.15, 0.2) is 41.4 Å². The number of amides is 1. The van der Waals surface area contributed by atoms with Crippen molar-refractivity contribution in [2.45, 2.75) is 12.6 Å². The third-order valence-corrected chi connectivity index (χ3v) is 3.73. The first-order valence-corrected chi connectivity index (χ1v) is 7.34. The smallest absolute Gasteiger partial charge is 0.355 e. The van der Waals surface area contributed by atoms with Gasteiger partial charge in [-0.05, 0) is 29.8 Å². The zero-order valence-electron chi connectivity index (χ0n) is 13.0. The van der Waals surface area contributed by atoms with Gasteiger partial charge in [0, 0.05) is 30.8 Å². The zero-order valence-corrected chi connectivity index (χ0v) is 13.0. The maximum atomic E-state index is 13.6. The van der Waals surface area contributed by atoms with E-state index in [1.807, 2.05) is 0 Å². The summed E-state index contributed by atoms with van der Waals surface area (Å²) >= 11 is 0. The minimum Gasteiger partial charge on any atom is -0.355 e. The Labute approximate surface area is 140 Å². The van der Waals surface area contributed by atoms with Crippen molar-refractivity contribution in [3.63, 3.8) is 0 Å². The van der Waals surface area contributed by atoms with Gasteiger partial charge in [-0.15, -0.1) is 0 Å². The summed E-state index contributed by atoms with van der Waals surface area (Å²) in [5.74, 6) is -1.24. The third-order valence-electron chi connectivity index (χ3n) is 3.73. The van der Waals surface area contributed by atoms with Crippen LogP contribution in [0.5, 0.6) is 0 Å². The van der Waals surface area contributed by atoms with Crippen molar-refractivity contribution in [2.24, 2.45) is 4.99 Å². The van der Waals surface area contributed by atoms with Crippen molar-refractivity contribution < 1.29 is 22.4 Å². The first kappa shape index (κ1) is 16.9. The minimum atomic E-state index is -4.75. The molecule has 0 fully saturated rings. The lowest BCUT2D eigenvalue weighted by molar-refractivity contribution is -0.140. The van der Waals surface area contributed by atoms with Crippen molar-refractivity contribution in [1.82, 2.24) is 5.32 Å². The zero-order chi connectivity index (χ0) is 18.2. The highest BCUT2D eigenvalue weighted by Gasteiger charge is 2.35. The van der Waals surface area contributed by atoms with E-state index in [4.69, 9.17) is 0 Å². The van der Waals surface area contributed by atoms with Crippen LogP contribution in [-0.2, 0) is 12.6 Å². The Morgan fingerprint density at radius 2 is 1.96 bits per heavy atom. The SMILES string of the molecule is CNC(=O)c1cccc(NC2=Nc3cc(F)c(C(F)(F)F)cc3C2)c1. The molecule has 2 aromatic carbocycles. The Morgan fingerprint density at radius 1 is 1.20 bits per heavy atom. The van der Waals surface area contributed by atoms with E-state index >= 15 is 0 Å². The lowest BCUT2D eigenvalue weighted by Gasteiger charge is -2.09. The molecule has 1 heterocycles. The summed E-state index contributed by atoms with van der Waals surface area (Å²) in [6, 6.07) is 8.14. The summed E-state index contributed by atoms with van der Waals surface area (Å²) in [6.45, 7) is 0. The van der Waals surface area contributed by atoms with Gasteiger partial charge in [-0.25, -0.2) is 9.38 Å². The second-order valence-corrected chi connectivity index (χ2v) is 5.48.